The molecule has 5 aromatic rings. The minimum atomic E-state index is -0.199. The molecule has 0 radical (unpaired) electrons. The molecule has 4 nitrogen and oxygen atoms in total. The number of fused-ring (bicyclic) bond motifs is 3. The van der Waals surface area contributed by atoms with Crippen molar-refractivity contribution in [1.29, 1.82) is 0 Å². The van der Waals surface area contributed by atoms with Gasteiger partial charge in [-0.15, -0.1) is 0 Å². The van der Waals surface area contributed by atoms with Crippen LogP contribution in [0.4, 0.5) is 0 Å². The predicted octanol–water partition coefficient (Wildman–Crippen LogP) is 6.89. The van der Waals surface area contributed by atoms with Crippen molar-refractivity contribution < 1.29 is 4.42 Å². The fourth-order valence-electron chi connectivity index (χ4n) is 5.36. The molecule has 0 bridgehead atoms. The van der Waals surface area contributed by atoms with E-state index >= 15 is 0 Å². The molecular formula is C31H20Cl2N2O2S. The van der Waals surface area contributed by atoms with E-state index in [1.807, 2.05) is 47.0 Å². The van der Waals surface area contributed by atoms with E-state index in [0.717, 1.165) is 29.7 Å². The smallest absolute Gasteiger partial charge is 0.271 e. The molecule has 3 heterocycles. The third-order valence-corrected chi connectivity index (χ3v) is 8.91. The molecule has 1 aliphatic heterocycles. The van der Waals surface area contributed by atoms with Gasteiger partial charge in [-0.25, -0.2) is 4.99 Å². The van der Waals surface area contributed by atoms with Crippen molar-refractivity contribution in [1.82, 2.24) is 4.57 Å². The first-order chi connectivity index (χ1) is 18.6. The Morgan fingerprint density at radius 2 is 1.68 bits per heavy atom. The number of benzene rings is 3. The molecule has 0 unspecified atom stereocenters. The molecule has 0 N–H and O–H groups in total. The van der Waals surface area contributed by atoms with Crippen molar-refractivity contribution >= 4 is 46.3 Å². The van der Waals surface area contributed by atoms with Crippen molar-refractivity contribution in [3.8, 4) is 11.3 Å². The summed E-state index contributed by atoms with van der Waals surface area (Å²) in [5.74, 6) is 1.15. The Kier molecular flexibility index (Phi) is 5.73. The van der Waals surface area contributed by atoms with Crippen molar-refractivity contribution in [2.45, 2.75) is 18.9 Å². The molecule has 186 valence electrons. The summed E-state index contributed by atoms with van der Waals surface area (Å²) in [5.41, 5.74) is 6.33. The average molecular weight is 555 g/mol. The van der Waals surface area contributed by atoms with Gasteiger partial charge in [-0.2, -0.15) is 0 Å². The van der Waals surface area contributed by atoms with Gasteiger partial charge >= 0.3 is 0 Å². The first-order valence-corrected chi connectivity index (χ1v) is 13.9. The molecule has 38 heavy (non-hydrogen) atoms. The van der Waals surface area contributed by atoms with Crippen LogP contribution in [0.3, 0.4) is 0 Å². The van der Waals surface area contributed by atoms with Gasteiger partial charge < -0.3 is 4.42 Å². The average Bonchev–Trinajstić information content (AvgIpc) is 3.53. The van der Waals surface area contributed by atoms with Gasteiger partial charge in [-0.3, -0.25) is 9.36 Å². The zero-order valence-electron chi connectivity index (χ0n) is 20.0. The molecule has 1 aliphatic carbocycles. The SMILES string of the molecule is O=c1/c(=C/c2ccc(-c3cccc(Cl)c3Cl)o2)sc2n1[C@H](c1ccccc1)C1=C(N=2)c2ccccc2CC1. The fraction of sp³-hybridized carbons (Fsp3) is 0.0968. The van der Waals surface area contributed by atoms with Gasteiger partial charge in [0, 0.05) is 17.2 Å². The van der Waals surface area contributed by atoms with Gasteiger partial charge in [0.2, 0.25) is 0 Å². The lowest BCUT2D eigenvalue weighted by atomic mass is 9.83. The Labute approximate surface area is 232 Å². The molecule has 2 aliphatic rings. The normalized spacial score (nSPS) is 16.6. The van der Waals surface area contributed by atoms with Crippen LogP contribution in [0.2, 0.25) is 10.0 Å². The Bertz CT molecular complexity index is 1930. The van der Waals surface area contributed by atoms with E-state index in [1.54, 1.807) is 12.1 Å². The third-order valence-electron chi connectivity index (χ3n) is 7.11. The van der Waals surface area contributed by atoms with Gasteiger partial charge in [0.25, 0.3) is 5.56 Å². The topological polar surface area (TPSA) is 47.5 Å². The number of hydrogen-bond donors (Lipinski definition) is 0. The molecule has 2 aromatic heterocycles. The lowest BCUT2D eigenvalue weighted by Crippen LogP contribution is -2.38. The van der Waals surface area contributed by atoms with E-state index < -0.39 is 0 Å². The number of rotatable bonds is 3. The molecule has 0 amide bonds. The van der Waals surface area contributed by atoms with Crippen LogP contribution in [0.1, 0.15) is 34.9 Å². The summed E-state index contributed by atoms with van der Waals surface area (Å²) in [4.78, 5) is 19.6. The number of furan rings is 1. The minimum Gasteiger partial charge on any atom is -0.457 e. The number of hydrogen-bond acceptors (Lipinski definition) is 4. The molecular weight excluding hydrogens is 535 g/mol. The lowest BCUT2D eigenvalue weighted by molar-refractivity contribution is 0.570. The maximum absolute atomic E-state index is 13.9. The van der Waals surface area contributed by atoms with E-state index in [9.17, 15) is 4.79 Å². The van der Waals surface area contributed by atoms with Gasteiger partial charge in [-0.05, 0) is 53.8 Å². The molecule has 0 saturated heterocycles. The summed E-state index contributed by atoms with van der Waals surface area (Å²) in [6.45, 7) is 0. The summed E-state index contributed by atoms with van der Waals surface area (Å²) < 4.78 is 8.48. The van der Waals surface area contributed by atoms with Crippen molar-refractivity contribution in [3.05, 3.63) is 143 Å². The maximum atomic E-state index is 13.9. The standard InChI is InChI=1S/C31H20Cl2N2O2S/c32-24-12-6-11-22(27(24)33)25-16-14-20(37-25)17-26-30(36)35-29(19-8-2-1-3-9-19)23-15-13-18-7-4-5-10-21(18)28(23)34-31(35)38-26/h1-12,14,16-17,29H,13,15H2/b26-17-/t29-/m1/s1. The van der Waals surface area contributed by atoms with E-state index in [-0.39, 0.29) is 11.6 Å². The summed E-state index contributed by atoms with van der Waals surface area (Å²) in [6.07, 6.45) is 3.57. The fourth-order valence-corrected chi connectivity index (χ4v) is 6.73. The van der Waals surface area contributed by atoms with Crippen molar-refractivity contribution in [3.63, 3.8) is 0 Å². The molecule has 1 atom stereocenters. The second-order valence-corrected chi connectivity index (χ2v) is 11.1. The number of aryl methyl sites for hydroxylation is 1. The zero-order valence-corrected chi connectivity index (χ0v) is 22.4. The molecule has 3 aromatic carbocycles. The third kappa shape index (κ3) is 3.81. The molecule has 7 heteroatoms. The maximum Gasteiger partial charge on any atom is 0.271 e. The molecule has 0 saturated carbocycles. The summed E-state index contributed by atoms with van der Waals surface area (Å²) in [5, 5.41) is 0.894. The zero-order chi connectivity index (χ0) is 25.8. The Hall–Kier alpha value is -3.64. The number of thiazole rings is 1. The van der Waals surface area contributed by atoms with Crippen LogP contribution in [-0.2, 0) is 6.42 Å². The Morgan fingerprint density at radius 3 is 2.55 bits per heavy atom. The minimum absolute atomic E-state index is 0.0771. The lowest BCUT2D eigenvalue weighted by Gasteiger charge is -2.30. The number of allylic oxidation sites excluding steroid dienone is 1. The summed E-state index contributed by atoms with van der Waals surface area (Å²) in [6, 6.07) is 27.5. The number of aromatic nitrogens is 1. The highest BCUT2D eigenvalue weighted by Gasteiger charge is 2.32. The van der Waals surface area contributed by atoms with Gasteiger partial charge in [0.15, 0.2) is 4.80 Å². The summed E-state index contributed by atoms with van der Waals surface area (Å²) in [7, 11) is 0. The predicted molar refractivity (Wildman–Crippen MR) is 153 cm³/mol. The second kappa shape index (κ2) is 9.28. The highest BCUT2D eigenvalue weighted by atomic mass is 35.5. The monoisotopic (exact) mass is 554 g/mol. The van der Waals surface area contributed by atoms with Gasteiger partial charge in [-0.1, -0.05) is 95.2 Å². The summed E-state index contributed by atoms with van der Waals surface area (Å²) >= 11 is 14.0. The Morgan fingerprint density at radius 1 is 0.895 bits per heavy atom. The first-order valence-electron chi connectivity index (χ1n) is 12.3. The van der Waals surface area contributed by atoms with Crippen molar-refractivity contribution in [2.24, 2.45) is 4.99 Å². The first kappa shape index (κ1) is 23.5. The van der Waals surface area contributed by atoms with E-state index in [4.69, 9.17) is 32.6 Å². The van der Waals surface area contributed by atoms with Crippen LogP contribution in [0, 0.1) is 0 Å². The van der Waals surface area contributed by atoms with Crippen LogP contribution < -0.4 is 14.9 Å². The van der Waals surface area contributed by atoms with Gasteiger partial charge in [0.05, 0.1) is 26.3 Å². The Balaban J connectivity index is 1.40. The largest absolute Gasteiger partial charge is 0.457 e. The molecule has 7 rings (SSSR count). The number of nitrogens with zero attached hydrogens (tertiary/aromatic N) is 2. The molecule has 0 spiro atoms. The second-order valence-electron chi connectivity index (χ2n) is 9.33. The highest BCUT2D eigenvalue weighted by molar-refractivity contribution is 7.07. The van der Waals surface area contributed by atoms with Gasteiger partial charge in [0.1, 0.15) is 11.5 Å². The molecule has 0 fully saturated rings. The highest BCUT2D eigenvalue weighted by Crippen LogP contribution is 2.41. The van der Waals surface area contributed by atoms with E-state index in [0.29, 0.717) is 36.5 Å². The van der Waals surface area contributed by atoms with E-state index in [2.05, 4.69) is 36.4 Å². The van der Waals surface area contributed by atoms with Crippen molar-refractivity contribution in [2.75, 3.05) is 0 Å². The quantitative estimate of drug-likeness (QED) is 0.244. The van der Waals surface area contributed by atoms with Crippen LogP contribution in [0.15, 0.2) is 105 Å². The van der Waals surface area contributed by atoms with Crippen LogP contribution in [0.25, 0.3) is 23.1 Å². The van der Waals surface area contributed by atoms with Crippen LogP contribution in [0.5, 0.6) is 0 Å². The van der Waals surface area contributed by atoms with Crippen LogP contribution in [-0.4, -0.2) is 4.57 Å². The van der Waals surface area contributed by atoms with E-state index in [1.165, 1.54) is 22.5 Å². The number of halogens is 2. The van der Waals surface area contributed by atoms with Crippen LogP contribution >= 0.6 is 34.5 Å².